The summed E-state index contributed by atoms with van der Waals surface area (Å²) in [4.78, 5) is 0. The van der Waals surface area contributed by atoms with E-state index in [9.17, 15) is 0 Å². The zero-order valence-corrected chi connectivity index (χ0v) is 32.3. The number of hydrogen-bond donors (Lipinski definition) is 1. The fraction of sp³-hybridized carbons (Fsp3) is 0.0625. The molecule has 0 atom stereocenters. The van der Waals surface area contributed by atoms with Gasteiger partial charge in [-0.15, -0.1) is 0 Å². The molecule has 2 aromatic heterocycles. The molecule has 263 valence electrons. The van der Waals surface area contributed by atoms with Crippen LogP contribution in [-0.4, -0.2) is 12.7 Å². The summed E-state index contributed by atoms with van der Waals surface area (Å²) in [7, 11) is 0.684. The first-order chi connectivity index (χ1) is 26.5. The third-order valence-corrected chi connectivity index (χ3v) is 10.1. The molecule has 7 heteroatoms. The number of fused-ring (bicyclic) bond motifs is 8. The Labute approximate surface area is 341 Å². The Morgan fingerprint density at radius 1 is 0.527 bits per heavy atom. The average molecular weight is 774 g/mol. The molecule has 4 nitrogen and oxygen atoms in total. The van der Waals surface area contributed by atoms with Gasteiger partial charge >= 0.3 is 26.5 Å². The second kappa shape index (κ2) is 17.1. The summed E-state index contributed by atoms with van der Waals surface area (Å²) in [6.07, 6.45) is 2.28. The fourth-order valence-electron chi connectivity index (χ4n) is 6.74. The van der Waals surface area contributed by atoms with Crippen LogP contribution in [-0.2, 0) is 0 Å². The van der Waals surface area contributed by atoms with Gasteiger partial charge < -0.3 is 25.4 Å². The van der Waals surface area contributed by atoms with Crippen LogP contribution in [0.1, 0.15) is 19.8 Å². The van der Waals surface area contributed by atoms with E-state index >= 15 is 0 Å². The normalized spacial score (nSPS) is 10.9. The topological polar surface area (TPSA) is 55.7 Å². The molecule has 0 unspecified atom stereocenters. The van der Waals surface area contributed by atoms with E-state index in [2.05, 4.69) is 151 Å². The van der Waals surface area contributed by atoms with Crippen molar-refractivity contribution >= 4 is 89.0 Å². The Morgan fingerprint density at radius 2 is 0.927 bits per heavy atom. The van der Waals surface area contributed by atoms with Crippen molar-refractivity contribution in [1.29, 1.82) is 0 Å². The molecule has 0 saturated carbocycles. The van der Waals surface area contributed by atoms with Crippen LogP contribution in [0.4, 0.5) is 0 Å². The molecule has 10 aromatic rings. The number of halogens is 1. The molecule has 0 aliphatic heterocycles. The number of rotatable bonds is 5. The largest absolute Gasteiger partial charge is 1.00 e. The summed E-state index contributed by atoms with van der Waals surface area (Å²) in [5.74, 6) is 0.568. The van der Waals surface area contributed by atoms with Gasteiger partial charge in [0.05, 0.1) is 0 Å². The van der Waals surface area contributed by atoms with Gasteiger partial charge in [0.1, 0.15) is 28.1 Å². The van der Waals surface area contributed by atoms with Gasteiger partial charge in [-0.2, -0.15) is 6.42 Å². The van der Waals surface area contributed by atoms with Crippen molar-refractivity contribution in [3.63, 3.8) is 0 Å². The van der Waals surface area contributed by atoms with Crippen LogP contribution in [0.2, 0.25) is 0 Å². The number of hydrogen-bond acceptors (Lipinski definition) is 4. The molecule has 0 amide bonds. The molecule has 1 radical (unpaired) electrons. The van der Waals surface area contributed by atoms with E-state index in [0.29, 0.717) is 13.4 Å². The summed E-state index contributed by atoms with van der Waals surface area (Å²) in [6.45, 7) is 5.72. The van der Waals surface area contributed by atoms with E-state index in [0.717, 1.165) is 65.9 Å². The molecular formula is C48H36BBrLiO4. The first-order valence-corrected chi connectivity index (χ1v) is 18.8. The summed E-state index contributed by atoms with van der Waals surface area (Å²) < 4.78 is 18.0. The summed E-state index contributed by atoms with van der Waals surface area (Å²) in [6, 6.07) is 54.1. The van der Waals surface area contributed by atoms with Crippen molar-refractivity contribution in [3.8, 4) is 28.0 Å². The summed E-state index contributed by atoms with van der Waals surface area (Å²) >= 11 is 3.55. The van der Waals surface area contributed by atoms with Crippen LogP contribution in [0.25, 0.3) is 87.7 Å². The van der Waals surface area contributed by atoms with Crippen molar-refractivity contribution < 1.29 is 37.4 Å². The van der Waals surface area contributed by atoms with Crippen molar-refractivity contribution in [1.82, 2.24) is 0 Å². The van der Waals surface area contributed by atoms with Crippen molar-refractivity contribution in [2.24, 2.45) is 0 Å². The van der Waals surface area contributed by atoms with Crippen LogP contribution in [0.5, 0.6) is 5.75 Å². The molecule has 1 N–H and O–H groups in total. The van der Waals surface area contributed by atoms with Crippen molar-refractivity contribution in [3.05, 3.63) is 169 Å². The van der Waals surface area contributed by atoms with Gasteiger partial charge in [0, 0.05) is 26.0 Å². The smallest absolute Gasteiger partial charge is 0.537 e. The molecule has 0 aliphatic rings. The first kappa shape index (κ1) is 38.1. The maximum Gasteiger partial charge on any atom is 1.00 e. The van der Waals surface area contributed by atoms with E-state index in [1.807, 2.05) is 30.3 Å². The predicted octanol–water partition coefficient (Wildman–Crippen LogP) is 11.1. The van der Waals surface area contributed by atoms with Gasteiger partial charge in [-0.1, -0.05) is 114 Å². The number of benzene rings is 8. The van der Waals surface area contributed by atoms with E-state index < -0.39 is 0 Å². The molecule has 0 saturated heterocycles. The van der Waals surface area contributed by atoms with E-state index in [1.165, 1.54) is 39.1 Å². The van der Waals surface area contributed by atoms with Crippen LogP contribution < -0.4 is 23.5 Å². The zero-order valence-electron chi connectivity index (χ0n) is 30.8. The maximum absolute atomic E-state index is 8.86. The molecule has 0 aliphatic carbocycles. The Balaban J connectivity index is 0.000000152. The molecule has 10 rings (SSSR count). The Morgan fingerprint density at radius 3 is 1.42 bits per heavy atom. The van der Waals surface area contributed by atoms with Gasteiger partial charge in [-0.25, -0.2) is 0 Å². The Hall–Kier alpha value is -5.22. The fourth-order valence-corrected chi connectivity index (χ4v) is 7.10. The van der Waals surface area contributed by atoms with Gasteiger partial charge in [-0.05, 0) is 117 Å². The number of unbranched alkanes of at least 4 members (excludes halogenated alkanes) is 1. The van der Waals surface area contributed by atoms with Crippen molar-refractivity contribution in [2.75, 3.05) is 0 Å². The van der Waals surface area contributed by atoms with Crippen LogP contribution in [0, 0.1) is 6.92 Å². The summed E-state index contributed by atoms with van der Waals surface area (Å²) in [5.41, 5.74) is 8.19. The molecule has 0 fully saturated rings. The first-order valence-electron chi connectivity index (χ1n) is 18.0. The molecule has 0 spiro atoms. The monoisotopic (exact) mass is 773 g/mol. The van der Waals surface area contributed by atoms with E-state index in [-0.39, 0.29) is 18.9 Å². The molecule has 0 bridgehead atoms. The number of furan rings is 2. The SMILES string of the molecule is Brc1ccc2oc3ccc(-c4ccc5ccccc5c4)cc3c2c1.O[B]Oc1ccc2oc3ccc(-c4ccc5ccccc5c4)cc3c2c1.[CH2-]CCC.[Li+]. The summed E-state index contributed by atoms with van der Waals surface area (Å²) in [5, 5.41) is 18.1. The Bertz CT molecular complexity index is 2910. The zero-order chi connectivity index (χ0) is 37.0. The quantitative estimate of drug-likeness (QED) is 0.140. The molecule has 2 heterocycles. The van der Waals surface area contributed by atoms with Crippen LogP contribution >= 0.6 is 15.9 Å². The van der Waals surface area contributed by atoms with Gasteiger partial charge in [0.15, 0.2) is 0 Å². The molecular weight excluding hydrogens is 738 g/mol. The minimum Gasteiger partial charge on any atom is -0.537 e. The van der Waals surface area contributed by atoms with Gasteiger partial charge in [-0.3, -0.25) is 0 Å². The minimum absolute atomic E-state index is 0. The minimum atomic E-state index is 0. The van der Waals surface area contributed by atoms with Crippen molar-refractivity contribution in [2.45, 2.75) is 19.8 Å². The molecule has 8 aromatic carbocycles. The standard InChI is InChI=1S/C22H14BO3.C22H13BrO.C4H9.Li/c24-23-26-18-8-10-22-20(13-18)19-12-17(7-9-21(19)25-22)16-6-5-14-3-1-2-4-15(14)11-16;23-18-8-10-22-20(13-18)19-12-17(7-9-21(19)24-22)16-6-5-14-3-1-2-4-15(14)11-16;1-3-4-2;/h1-13,24H;1-13H;1,3-4H2,2H3;/q;;-1;+1. The second-order valence-corrected chi connectivity index (χ2v) is 14.0. The maximum atomic E-state index is 8.86. The Kier molecular flexibility index (Phi) is 11.8. The average Bonchev–Trinajstić information content (AvgIpc) is 3.77. The third kappa shape index (κ3) is 8.10. The van der Waals surface area contributed by atoms with Gasteiger partial charge in [0.25, 0.3) is 0 Å². The second-order valence-electron chi connectivity index (χ2n) is 13.1. The van der Waals surface area contributed by atoms with Crippen LogP contribution in [0.3, 0.4) is 0 Å². The van der Waals surface area contributed by atoms with Crippen LogP contribution in [0.15, 0.2) is 171 Å². The molecule has 55 heavy (non-hydrogen) atoms. The third-order valence-electron chi connectivity index (χ3n) is 9.58. The predicted molar refractivity (Wildman–Crippen MR) is 230 cm³/mol. The van der Waals surface area contributed by atoms with E-state index in [4.69, 9.17) is 18.5 Å². The van der Waals surface area contributed by atoms with Gasteiger partial charge in [0.2, 0.25) is 0 Å². The van der Waals surface area contributed by atoms with E-state index in [1.54, 1.807) is 6.07 Å².